The zero-order valence-electron chi connectivity index (χ0n) is 13.1. The first-order valence-corrected chi connectivity index (χ1v) is 7.37. The molecule has 0 saturated carbocycles. The lowest BCUT2D eigenvalue weighted by Gasteiger charge is -2.09. The van der Waals surface area contributed by atoms with Crippen molar-refractivity contribution in [3.05, 3.63) is 65.0 Å². The van der Waals surface area contributed by atoms with Crippen molar-refractivity contribution >= 4 is 5.91 Å². The van der Waals surface area contributed by atoms with E-state index >= 15 is 0 Å². The van der Waals surface area contributed by atoms with Gasteiger partial charge in [-0.25, -0.2) is 4.39 Å². The Bertz CT molecular complexity index is 752. The lowest BCUT2D eigenvalue weighted by Crippen LogP contribution is -2.30. The second-order valence-electron chi connectivity index (χ2n) is 5.29. The summed E-state index contributed by atoms with van der Waals surface area (Å²) in [6, 6.07) is 12.4. The van der Waals surface area contributed by atoms with Crippen molar-refractivity contribution in [1.29, 1.82) is 5.26 Å². The highest BCUT2D eigenvalue weighted by Crippen LogP contribution is 2.16. The quantitative estimate of drug-likeness (QED) is 0.853. The van der Waals surface area contributed by atoms with Crippen LogP contribution in [0, 0.1) is 17.1 Å². The predicted octanol–water partition coefficient (Wildman–Crippen LogP) is 2.39. The van der Waals surface area contributed by atoms with Gasteiger partial charge in [0.2, 0.25) is 0 Å². The molecule has 0 unspecified atom stereocenters. The number of amides is 1. The van der Waals surface area contributed by atoms with Crippen LogP contribution in [-0.2, 0) is 6.61 Å². The molecule has 0 aliphatic carbocycles. The SMILES string of the molecule is C[C@H](O)CNC(=O)c1ccc(OCc2cc(C#N)ccc2F)cc1. The molecule has 1 amide bonds. The predicted molar refractivity (Wildman–Crippen MR) is 85.9 cm³/mol. The average molecular weight is 328 g/mol. The lowest BCUT2D eigenvalue weighted by atomic mass is 10.1. The van der Waals surface area contributed by atoms with E-state index in [2.05, 4.69) is 5.32 Å². The number of aliphatic hydroxyl groups is 1. The molecule has 6 heteroatoms. The first-order valence-electron chi connectivity index (χ1n) is 7.37. The number of nitriles is 1. The number of benzene rings is 2. The normalized spacial score (nSPS) is 11.4. The summed E-state index contributed by atoms with van der Waals surface area (Å²) in [6.45, 7) is 1.73. The fourth-order valence-electron chi connectivity index (χ4n) is 1.96. The van der Waals surface area contributed by atoms with Crippen LogP contribution in [0.5, 0.6) is 5.75 Å². The Morgan fingerprint density at radius 3 is 2.67 bits per heavy atom. The number of aliphatic hydroxyl groups excluding tert-OH is 1. The molecule has 0 aliphatic rings. The van der Waals surface area contributed by atoms with Gasteiger partial charge in [0.15, 0.2) is 0 Å². The van der Waals surface area contributed by atoms with E-state index in [4.69, 9.17) is 15.1 Å². The van der Waals surface area contributed by atoms with Gasteiger partial charge in [-0.2, -0.15) is 5.26 Å². The van der Waals surface area contributed by atoms with Crippen LogP contribution in [0.3, 0.4) is 0 Å². The number of hydrogen-bond acceptors (Lipinski definition) is 4. The minimum atomic E-state index is -0.615. The zero-order valence-corrected chi connectivity index (χ0v) is 13.1. The molecular weight excluding hydrogens is 311 g/mol. The van der Waals surface area contributed by atoms with Gasteiger partial charge in [-0.1, -0.05) is 0 Å². The Balaban J connectivity index is 1.97. The van der Waals surface area contributed by atoms with Crippen LogP contribution in [-0.4, -0.2) is 23.7 Å². The largest absolute Gasteiger partial charge is 0.489 e. The van der Waals surface area contributed by atoms with Gasteiger partial charge in [0.1, 0.15) is 18.2 Å². The van der Waals surface area contributed by atoms with Gasteiger partial charge in [0.25, 0.3) is 5.91 Å². The van der Waals surface area contributed by atoms with Crippen LogP contribution in [0.25, 0.3) is 0 Å². The second-order valence-corrected chi connectivity index (χ2v) is 5.29. The number of rotatable bonds is 6. The highest BCUT2D eigenvalue weighted by molar-refractivity contribution is 5.94. The van der Waals surface area contributed by atoms with Crippen LogP contribution in [0.4, 0.5) is 4.39 Å². The number of carbonyl (C=O) groups excluding carboxylic acids is 1. The molecule has 0 fully saturated rings. The summed E-state index contributed by atoms with van der Waals surface area (Å²) in [6.07, 6.45) is -0.615. The van der Waals surface area contributed by atoms with Crippen molar-refractivity contribution in [1.82, 2.24) is 5.32 Å². The van der Waals surface area contributed by atoms with Gasteiger partial charge in [0.05, 0.1) is 17.7 Å². The standard InChI is InChI=1S/C18H17FN2O3/c1-12(22)10-21-18(23)14-3-5-16(6-4-14)24-11-15-8-13(9-20)2-7-17(15)19/h2-8,12,22H,10-11H2,1H3,(H,21,23)/t12-/m0/s1. The minimum absolute atomic E-state index is 0.0189. The molecule has 0 spiro atoms. The van der Waals surface area contributed by atoms with E-state index in [1.165, 1.54) is 18.2 Å². The zero-order chi connectivity index (χ0) is 17.5. The van der Waals surface area contributed by atoms with Crippen LogP contribution < -0.4 is 10.1 Å². The van der Waals surface area contributed by atoms with E-state index in [0.29, 0.717) is 16.9 Å². The number of hydrogen-bond donors (Lipinski definition) is 2. The summed E-state index contributed by atoms with van der Waals surface area (Å²) in [7, 11) is 0. The Morgan fingerprint density at radius 1 is 1.33 bits per heavy atom. The van der Waals surface area contributed by atoms with Crippen molar-refractivity contribution in [3.8, 4) is 11.8 Å². The van der Waals surface area contributed by atoms with E-state index in [9.17, 15) is 9.18 Å². The van der Waals surface area contributed by atoms with E-state index in [1.807, 2.05) is 6.07 Å². The van der Waals surface area contributed by atoms with Crippen molar-refractivity contribution < 1.29 is 19.0 Å². The molecular formula is C18H17FN2O3. The van der Waals surface area contributed by atoms with Crippen LogP contribution in [0.1, 0.15) is 28.4 Å². The molecule has 2 aromatic rings. The maximum absolute atomic E-state index is 13.7. The van der Waals surface area contributed by atoms with E-state index < -0.39 is 11.9 Å². The van der Waals surface area contributed by atoms with Gasteiger partial charge < -0.3 is 15.2 Å². The number of carbonyl (C=O) groups is 1. The second kappa shape index (κ2) is 8.09. The van der Waals surface area contributed by atoms with Crippen LogP contribution in [0.2, 0.25) is 0 Å². The van der Waals surface area contributed by atoms with Gasteiger partial charge >= 0.3 is 0 Å². The third-order valence-corrected chi connectivity index (χ3v) is 3.24. The third kappa shape index (κ3) is 4.80. The fraction of sp³-hybridized carbons (Fsp3) is 0.222. The average Bonchev–Trinajstić information content (AvgIpc) is 2.59. The maximum atomic E-state index is 13.7. The molecule has 0 radical (unpaired) electrons. The molecule has 0 bridgehead atoms. The molecule has 124 valence electrons. The van der Waals surface area contributed by atoms with Gasteiger partial charge in [-0.05, 0) is 49.4 Å². The number of nitrogens with zero attached hydrogens (tertiary/aromatic N) is 1. The van der Waals surface area contributed by atoms with Crippen LogP contribution in [0.15, 0.2) is 42.5 Å². The monoisotopic (exact) mass is 328 g/mol. The molecule has 24 heavy (non-hydrogen) atoms. The summed E-state index contributed by atoms with van der Waals surface area (Å²) in [4.78, 5) is 11.8. The Kier molecular flexibility index (Phi) is 5.88. The van der Waals surface area contributed by atoms with E-state index in [0.717, 1.165) is 0 Å². The molecule has 2 N–H and O–H groups in total. The van der Waals surface area contributed by atoms with E-state index in [1.54, 1.807) is 31.2 Å². The summed E-state index contributed by atoms with van der Waals surface area (Å²) in [5.74, 6) is -0.262. The number of halogens is 1. The van der Waals surface area contributed by atoms with E-state index in [-0.39, 0.29) is 24.6 Å². The van der Waals surface area contributed by atoms with Crippen LogP contribution >= 0.6 is 0 Å². The molecule has 0 saturated heterocycles. The topological polar surface area (TPSA) is 82.3 Å². The highest BCUT2D eigenvalue weighted by atomic mass is 19.1. The van der Waals surface area contributed by atoms with Gasteiger partial charge in [-0.15, -0.1) is 0 Å². The number of nitrogens with one attached hydrogen (secondary N) is 1. The van der Waals surface area contributed by atoms with Crippen molar-refractivity contribution in [3.63, 3.8) is 0 Å². The van der Waals surface area contributed by atoms with Crippen molar-refractivity contribution in [2.24, 2.45) is 0 Å². The first-order chi connectivity index (χ1) is 11.5. The Labute approximate surface area is 139 Å². The highest BCUT2D eigenvalue weighted by Gasteiger charge is 2.08. The molecule has 0 aromatic heterocycles. The number of ether oxygens (including phenoxy) is 1. The van der Waals surface area contributed by atoms with Gasteiger partial charge in [-0.3, -0.25) is 4.79 Å². The van der Waals surface area contributed by atoms with Crippen molar-refractivity contribution in [2.45, 2.75) is 19.6 Å². The van der Waals surface area contributed by atoms with Crippen molar-refractivity contribution in [2.75, 3.05) is 6.54 Å². The Hall–Kier alpha value is -2.91. The first kappa shape index (κ1) is 17.4. The molecule has 0 aliphatic heterocycles. The smallest absolute Gasteiger partial charge is 0.251 e. The maximum Gasteiger partial charge on any atom is 0.251 e. The molecule has 0 heterocycles. The third-order valence-electron chi connectivity index (χ3n) is 3.24. The lowest BCUT2D eigenvalue weighted by molar-refractivity contribution is 0.0924. The van der Waals surface area contributed by atoms with Gasteiger partial charge in [0, 0.05) is 17.7 Å². The summed E-state index contributed by atoms with van der Waals surface area (Å²) >= 11 is 0. The summed E-state index contributed by atoms with van der Waals surface area (Å²) < 4.78 is 19.2. The molecule has 2 rings (SSSR count). The minimum Gasteiger partial charge on any atom is -0.489 e. The fourth-order valence-corrected chi connectivity index (χ4v) is 1.96. The summed E-state index contributed by atoms with van der Waals surface area (Å²) in [5.41, 5.74) is 1.08. The molecule has 2 aromatic carbocycles. The molecule has 5 nitrogen and oxygen atoms in total. The molecule has 1 atom stereocenters. The summed E-state index contributed by atoms with van der Waals surface area (Å²) in [5, 5.41) is 20.6. The Morgan fingerprint density at radius 2 is 2.04 bits per heavy atom.